The van der Waals surface area contributed by atoms with Crippen molar-refractivity contribution in [2.24, 2.45) is 0 Å². The largest absolute Gasteiger partial charge is 0.358 e. The normalized spacial score (nSPS) is 19.4. The number of rotatable bonds is 3. The van der Waals surface area contributed by atoms with E-state index in [2.05, 4.69) is 35.9 Å². The molecule has 1 fully saturated rings. The maximum Gasteiger partial charge on any atom is 0.194 e. The van der Waals surface area contributed by atoms with Crippen molar-refractivity contribution in [2.45, 2.75) is 66.0 Å². The summed E-state index contributed by atoms with van der Waals surface area (Å²) in [4.78, 5) is 19.1. The van der Waals surface area contributed by atoms with Crippen LogP contribution >= 0.6 is 0 Å². The minimum Gasteiger partial charge on any atom is -0.358 e. The number of aryl methyl sites for hydroxylation is 3. The van der Waals surface area contributed by atoms with Crippen LogP contribution in [0.2, 0.25) is 0 Å². The lowest BCUT2D eigenvalue weighted by Crippen LogP contribution is -2.39. The summed E-state index contributed by atoms with van der Waals surface area (Å²) in [6.07, 6.45) is 5.00. The Morgan fingerprint density at radius 2 is 2.00 bits per heavy atom. The van der Waals surface area contributed by atoms with Crippen LogP contribution in [0.4, 0.5) is 0 Å². The molecule has 0 radical (unpaired) electrons. The van der Waals surface area contributed by atoms with E-state index in [-0.39, 0.29) is 5.43 Å². The fourth-order valence-electron chi connectivity index (χ4n) is 4.09. The Bertz CT molecular complexity index is 775. The third kappa shape index (κ3) is 3.07. The van der Waals surface area contributed by atoms with Crippen molar-refractivity contribution in [2.75, 3.05) is 6.54 Å². The van der Waals surface area contributed by atoms with Crippen LogP contribution in [-0.2, 0) is 6.54 Å². The van der Waals surface area contributed by atoms with Crippen LogP contribution in [0.25, 0.3) is 10.9 Å². The second kappa shape index (κ2) is 6.48. The van der Waals surface area contributed by atoms with Crippen LogP contribution in [-0.4, -0.2) is 22.5 Å². The fraction of sp³-hybridized carbons (Fsp3) is 0.550. The molecule has 1 aliphatic rings. The van der Waals surface area contributed by atoms with Gasteiger partial charge in [0.25, 0.3) is 0 Å². The summed E-state index contributed by atoms with van der Waals surface area (Å²) in [7, 11) is 0. The molecule has 3 rings (SSSR count). The van der Waals surface area contributed by atoms with Gasteiger partial charge in [0.05, 0.1) is 5.52 Å². The summed E-state index contributed by atoms with van der Waals surface area (Å²) in [5.74, 6) is 0. The number of pyridine rings is 1. The number of likely N-dealkylation sites (tertiary alicyclic amines) is 1. The number of benzene rings is 1. The Hall–Kier alpha value is -1.61. The van der Waals surface area contributed by atoms with E-state index >= 15 is 0 Å². The van der Waals surface area contributed by atoms with E-state index in [9.17, 15) is 4.79 Å². The van der Waals surface area contributed by atoms with Crippen molar-refractivity contribution in [1.82, 2.24) is 9.88 Å². The minimum atomic E-state index is 0.217. The van der Waals surface area contributed by atoms with Crippen molar-refractivity contribution in [1.29, 1.82) is 0 Å². The lowest BCUT2D eigenvalue weighted by atomic mass is 9.97. The van der Waals surface area contributed by atoms with Crippen molar-refractivity contribution in [3.05, 3.63) is 44.7 Å². The van der Waals surface area contributed by atoms with Crippen molar-refractivity contribution in [3.63, 3.8) is 0 Å². The molecule has 1 atom stereocenters. The highest BCUT2D eigenvalue weighted by Crippen LogP contribution is 2.23. The van der Waals surface area contributed by atoms with Crippen molar-refractivity contribution < 1.29 is 0 Å². The molecular formula is C20H28N2O. The zero-order chi connectivity index (χ0) is 16.6. The Balaban J connectivity index is 2.06. The van der Waals surface area contributed by atoms with Gasteiger partial charge in [0.2, 0.25) is 0 Å². The molecule has 3 heteroatoms. The molecule has 124 valence electrons. The van der Waals surface area contributed by atoms with E-state index < -0.39 is 0 Å². The molecule has 0 amide bonds. The summed E-state index contributed by atoms with van der Waals surface area (Å²) in [5.41, 5.74) is 5.43. The van der Waals surface area contributed by atoms with Gasteiger partial charge in [-0.25, -0.2) is 0 Å². The lowest BCUT2D eigenvalue weighted by molar-refractivity contribution is 0.135. The third-order valence-electron chi connectivity index (χ3n) is 5.34. The van der Waals surface area contributed by atoms with Crippen LogP contribution in [0.5, 0.6) is 0 Å². The highest BCUT2D eigenvalue weighted by Gasteiger charge is 2.23. The Morgan fingerprint density at radius 3 is 2.74 bits per heavy atom. The molecular weight excluding hydrogens is 284 g/mol. The Kier molecular flexibility index (Phi) is 4.58. The first kappa shape index (κ1) is 16.3. The van der Waals surface area contributed by atoms with Gasteiger partial charge in [-0.2, -0.15) is 0 Å². The van der Waals surface area contributed by atoms with E-state index in [1.54, 1.807) is 0 Å². The highest BCUT2D eigenvalue weighted by atomic mass is 16.1. The molecule has 2 aromatic rings. The van der Waals surface area contributed by atoms with Crippen LogP contribution in [0.3, 0.4) is 0 Å². The van der Waals surface area contributed by atoms with Crippen LogP contribution in [0, 0.1) is 20.8 Å². The first-order valence-electron chi connectivity index (χ1n) is 8.88. The summed E-state index contributed by atoms with van der Waals surface area (Å²) < 4.78 is 0. The zero-order valence-electron chi connectivity index (χ0n) is 14.8. The number of piperidine rings is 1. The van der Waals surface area contributed by atoms with Gasteiger partial charge in [0, 0.05) is 29.2 Å². The van der Waals surface area contributed by atoms with Gasteiger partial charge >= 0.3 is 0 Å². The minimum absolute atomic E-state index is 0.217. The standard InChI is InChI=1S/C20H28N2O/c1-5-16-8-6-7-9-22(16)12-17-15(4)21-18-11-13(2)10-14(3)19(18)20(17)23/h10-11,16H,5-9,12H2,1-4H3,(H,21,23). The van der Waals surface area contributed by atoms with Gasteiger partial charge in [-0.1, -0.05) is 19.4 Å². The average molecular weight is 312 g/mol. The second-order valence-electron chi connectivity index (χ2n) is 7.09. The van der Waals surface area contributed by atoms with Crippen molar-refractivity contribution in [3.8, 4) is 0 Å². The molecule has 1 N–H and O–H groups in total. The summed E-state index contributed by atoms with van der Waals surface area (Å²) in [5, 5.41) is 0.862. The smallest absolute Gasteiger partial charge is 0.194 e. The number of aromatic nitrogens is 1. The first-order chi connectivity index (χ1) is 11.0. The van der Waals surface area contributed by atoms with Gasteiger partial charge in [0.1, 0.15) is 0 Å². The number of H-pyrrole nitrogens is 1. The molecule has 23 heavy (non-hydrogen) atoms. The number of nitrogens with zero attached hydrogens (tertiary/aromatic N) is 1. The molecule has 1 aromatic carbocycles. The second-order valence-corrected chi connectivity index (χ2v) is 7.09. The molecule has 3 nitrogen and oxygen atoms in total. The monoisotopic (exact) mass is 312 g/mol. The molecule has 0 bridgehead atoms. The number of hydrogen-bond acceptors (Lipinski definition) is 2. The van der Waals surface area contributed by atoms with Crippen LogP contribution in [0.1, 0.15) is 55.0 Å². The van der Waals surface area contributed by atoms with E-state index in [1.165, 1.54) is 31.2 Å². The molecule has 2 heterocycles. The third-order valence-corrected chi connectivity index (χ3v) is 5.34. The van der Waals surface area contributed by atoms with Crippen LogP contribution in [0.15, 0.2) is 16.9 Å². The maximum absolute atomic E-state index is 13.1. The fourth-order valence-corrected chi connectivity index (χ4v) is 4.09. The summed E-state index contributed by atoms with van der Waals surface area (Å²) in [6.45, 7) is 10.3. The Morgan fingerprint density at radius 1 is 1.22 bits per heavy atom. The van der Waals surface area contributed by atoms with Gasteiger partial charge in [0.15, 0.2) is 5.43 Å². The van der Waals surface area contributed by atoms with Gasteiger partial charge in [-0.15, -0.1) is 0 Å². The molecule has 1 aliphatic heterocycles. The van der Waals surface area contributed by atoms with Gasteiger partial charge in [-0.05, 0) is 63.8 Å². The summed E-state index contributed by atoms with van der Waals surface area (Å²) >= 11 is 0. The van der Waals surface area contributed by atoms with Gasteiger partial charge < -0.3 is 4.98 Å². The van der Waals surface area contributed by atoms with Gasteiger partial charge in [-0.3, -0.25) is 9.69 Å². The van der Waals surface area contributed by atoms with E-state index in [0.717, 1.165) is 40.8 Å². The van der Waals surface area contributed by atoms with Crippen molar-refractivity contribution >= 4 is 10.9 Å². The topological polar surface area (TPSA) is 36.1 Å². The van der Waals surface area contributed by atoms with E-state index in [1.807, 2.05) is 13.8 Å². The van der Waals surface area contributed by atoms with E-state index in [0.29, 0.717) is 6.04 Å². The van der Waals surface area contributed by atoms with E-state index in [4.69, 9.17) is 0 Å². The molecule has 1 aromatic heterocycles. The molecule has 1 saturated heterocycles. The Labute approximate surface area is 138 Å². The number of aromatic amines is 1. The number of nitrogens with one attached hydrogen (secondary N) is 1. The highest BCUT2D eigenvalue weighted by molar-refractivity contribution is 5.83. The SMILES string of the molecule is CCC1CCCCN1Cc1c(C)[nH]c2cc(C)cc(C)c2c1=O. The number of hydrogen-bond donors (Lipinski definition) is 1. The lowest BCUT2D eigenvalue weighted by Gasteiger charge is -2.35. The predicted molar refractivity (Wildman–Crippen MR) is 97.1 cm³/mol. The quantitative estimate of drug-likeness (QED) is 0.921. The number of fused-ring (bicyclic) bond motifs is 1. The molecule has 0 aliphatic carbocycles. The molecule has 1 unspecified atom stereocenters. The summed E-state index contributed by atoms with van der Waals surface area (Å²) in [6, 6.07) is 4.81. The maximum atomic E-state index is 13.1. The first-order valence-corrected chi connectivity index (χ1v) is 8.88. The predicted octanol–water partition coefficient (Wildman–Crippen LogP) is 4.22. The zero-order valence-corrected chi connectivity index (χ0v) is 14.8. The van der Waals surface area contributed by atoms with Crippen LogP contribution < -0.4 is 5.43 Å². The molecule has 0 saturated carbocycles. The average Bonchev–Trinajstić information content (AvgIpc) is 2.50. The molecule has 0 spiro atoms.